The summed E-state index contributed by atoms with van der Waals surface area (Å²) in [5, 5.41) is 0. The molecule has 0 unspecified atom stereocenters. The van der Waals surface area contributed by atoms with Crippen LogP contribution in [0.2, 0.25) is 0 Å². The first-order valence-electron chi connectivity index (χ1n) is 9.21. The van der Waals surface area contributed by atoms with Gasteiger partial charge in [0.05, 0.1) is 6.61 Å². The number of amidine groups is 1. The lowest BCUT2D eigenvalue weighted by Crippen LogP contribution is -2.55. The average molecular weight is 397 g/mol. The number of esters is 1. The fourth-order valence-electron chi connectivity index (χ4n) is 3.16. The lowest BCUT2D eigenvalue weighted by Gasteiger charge is -2.35. The second kappa shape index (κ2) is 7.81. The largest absolute Gasteiger partial charge is 0.462 e. The van der Waals surface area contributed by atoms with Gasteiger partial charge in [-0.3, -0.25) is 0 Å². The highest BCUT2D eigenvalue weighted by molar-refractivity contribution is 6.06. The predicted molar refractivity (Wildman–Crippen MR) is 97.1 cm³/mol. The molecule has 0 saturated carbocycles. The SMILES string of the molecule is CCOC(=O)[C@]1(C(F)(F)F)N=C(c2ccccc2C)OC(N2CCCCC2)=N1. The number of alkyl halides is 3. The zero-order valence-electron chi connectivity index (χ0n) is 15.8. The van der Waals surface area contributed by atoms with Gasteiger partial charge in [-0.15, -0.1) is 0 Å². The molecule has 0 aromatic heterocycles. The summed E-state index contributed by atoms with van der Waals surface area (Å²) in [7, 11) is 0. The number of hydrogen-bond donors (Lipinski definition) is 0. The molecule has 2 aliphatic heterocycles. The van der Waals surface area contributed by atoms with Crippen LogP contribution in [0, 0.1) is 6.92 Å². The second-order valence-electron chi connectivity index (χ2n) is 6.67. The molecule has 9 heteroatoms. The van der Waals surface area contributed by atoms with Crippen LogP contribution in [-0.2, 0) is 14.3 Å². The van der Waals surface area contributed by atoms with Crippen molar-refractivity contribution < 1.29 is 27.4 Å². The Bertz CT molecular complexity index is 801. The lowest BCUT2D eigenvalue weighted by molar-refractivity contribution is -0.204. The fraction of sp³-hybridized carbons (Fsp3) is 0.526. The van der Waals surface area contributed by atoms with Crippen LogP contribution in [-0.4, -0.2) is 54.3 Å². The van der Waals surface area contributed by atoms with Crippen molar-refractivity contribution in [2.45, 2.75) is 44.9 Å². The number of aryl methyl sites for hydroxylation is 1. The van der Waals surface area contributed by atoms with Gasteiger partial charge in [-0.25, -0.2) is 4.79 Å². The van der Waals surface area contributed by atoms with E-state index < -0.39 is 17.8 Å². The van der Waals surface area contributed by atoms with Gasteiger partial charge in [0.15, 0.2) is 0 Å². The highest BCUT2D eigenvalue weighted by atomic mass is 19.4. The molecule has 152 valence electrons. The van der Waals surface area contributed by atoms with Gasteiger partial charge in [0, 0.05) is 18.7 Å². The van der Waals surface area contributed by atoms with E-state index in [2.05, 4.69) is 9.98 Å². The monoisotopic (exact) mass is 397 g/mol. The highest BCUT2D eigenvalue weighted by Crippen LogP contribution is 2.39. The molecule has 0 N–H and O–H groups in total. The van der Waals surface area contributed by atoms with Crippen LogP contribution in [0.15, 0.2) is 34.3 Å². The third-order valence-corrected chi connectivity index (χ3v) is 4.67. The average Bonchev–Trinajstić information content (AvgIpc) is 2.68. The Hall–Kier alpha value is -2.58. The van der Waals surface area contributed by atoms with Crippen molar-refractivity contribution in [3.63, 3.8) is 0 Å². The summed E-state index contributed by atoms with van der Waals surface area (Å²) in [6.07, 6.45) is -2.50. The molecule has 3 rings (SSSR count). The van der Waals surface area contributed by atoms with Crippen LogP contribution >= 0.6 is 0 Å². The molecule has 2 aliphatic rings. The number of aliphatic imine (C=N–C) groups is 2. The van der Waals surface area contributed by atoms with Crippen molar-refractivity contribution >= 4 is 17.9 Å². The number of nitrogens with zero attached hydrogens (tertiary/aromatic N) is 3. The van der Waals surface area contributed by atoms with Crippen molar-refractivity contribution in [2.75, 3.05) is 19.7 Å². The molecule has 28 heavy (non-hydrogen) atoms. The molecule has 1 aromatic carbocycles. The maximum atomic E-state index is 14.1. The number of likely N-dealkylation sites (tertiary alicyclic amines) is 1. The zero-order valence-corrected chi connectivity index (χ0v) is 15.8. The van der Waals surface area contributed by atoms with Crippen LogP contribution in [0.4, 0.5) is 13.2 Å². The van der Waals surface area contributed by atoms with Gasteiger partial charge >= 0.3 is 17.8 Å². The van der Waals surface area contributed by atoms with Gasteiger partial charge in [0.25, 0.3) is 6.02 Å². The molecule has 6 nitrogen and oxygen atoms in total. The molecular formula is C19H22F3N3O3. The summed E-state index contributed by atoms with van der Waals surface area (Å²) < 4.78 is 52.7. The van der Waals surface area contributed by atoms with E-state index in [-0.39, 0.29) is 18.5 Å². The number of carbonyl (C=O) groups excluding carboxylic acids is 1. The summed E-state index contributed by atoms with van der Waals surface area (Å²) in [5.41, 5.74) is -2.35. The third-order valence-electron chi connectivity index (χ3n) is 4.67. The highest BCUT2D eigenvalue weighted by Gasteiger charge is 2.65. The van der Waals surface area contributed by atoms with Crippen molar-refractivity contribution in [1.29, 1.82) is 0 Å². The number of rotatable bonds is 3. The van der Waals surface area contributed by atoms with E-state index in [1.807, 2.05) is 0 Å². The summed E-state index contributed by atoms with van der Waals surface area (Å²) in [6, 6.07) is 6.50. The fourth-order valence-corrected chi connectivity index (χ4v) is 3.16. The van der Waals surface area contributed by atoms with E-state index in [4.69, 9.17) is 9.47 Å². The molecule has 1 saturated heterocycles. The molecule has 1 fully saturated rings. The van der Waals surface area contributed by atoms with E-state index in [1.54, 1.807) is 36.1 Å². The van der Waals surface area contributed by atoms with Gasteiger partial charge in [0.2, 0.25) is 5.90 Å². The van der Waals surface area contributed by atoms with E-state index >= 15 is 0 Å². The van der Waals surface area contributed by atoms with Crippen molar-refractivity contribution in [1.82, 2.24) is 4.90 Å². The first-order chi connectivity index (χ1) is 13.3. The number of carbonyl (C=O) groups is 1. The quantitative estimate of drug-likeness (QED) is 0.733. The first-order valence-corrected chi connectivity index (χ1v) is 9.21. The molecule has 0 amide bonds. The predicted octanol–water partition coefficient (Wildman–Crippen LogP) is 3.44. The minimum absolute atomic E-state index is 0.221. The Kier molecular flexibility index (Phi) is 5.62. The Morgan fingerprint density at radius 2 is 1.89 bits per heavy atom. The normalized spacial score (nSPS) is 22.8. The number of ether oxygens (including phenoxy) is 2. The summed E-state index contributed by atoms with van der Waals surface area (Å²) >= 11 is 0. The Morgan fingerprint density at radius 1 is 1.21 bits per heavy atom. The van der Waals surface area contributed by atoms with Crippen molar-refractivity contribution in [3.05, 3.63) is 35.4 Å². The van der Waals surface area contributed by atoms with Crippen LogP contribution < -0.4 is 0 Å². The van der Waals surface area contributed by atoms with Crippen LogP contribution in [0.3, 0.4) is 0 Å². The standard InChI is InChI=1S/C19H22F3N3O3/c1-3-27-16(26)18(19(20,21)22)23-15(14-10-6-5-9-13(14)2)28-17(24-18)25-11-7-4-8-12-25/h5-6,9-10H,3-4,7-8,11-12H2,1-2H3/t18-/m0/s1. The maximum absolute atomic E-state index is 14.1. The molecule has 0 aliphatic carbocycles. The Labute approximate surface area is 161 Å². The topological polar surface area (TPSA) is 63.5 Å². The van der Waals surface area contributed by atoms with Crippen LogP contribution in [0.1, 0.15) is 37.3 Å². The van der Waals surface area contributed by atoms with Gasteiger partial charge in [-0.05, 0) is 44.7 Å². The van der Waals surface area contributed by atoms with Gasteiger partial charge in [0.1, 0.15) is 0 Å². The summed E-state index contributed by atoms with van der Waals surface area (Å²) in [6.45, 7) is 3.93. The van der Waals surface area contributed by atoms with Gasteiger partial charge in [-0.1, -0.05) is 18.2 Å². The van der Waals surface area contributed by atoms with E-state index in [1.165, 1.54) is 6.92 Å². The third kappa shape index (κ3) is 3.70. The van der Waals surface area contributed by atoms with Gasteiger partial charge < -0.3 is 14.4 Å². The first kappa shape index (κ1) is 20.2. The van der Waals surface area contributed by atoms with Crippen molar-refractivity contribution in [2.24, 2.45) is 9.98 Å². The Balaban J connectivity index is 2.16. The van der Waals surface area contributed by atoms with Crippen molar-refractivity contribution in [3.8, 4) is 0 Å². The minimum Gasteiger partial charge on any atom is -0.462 e. The molecule has 0 bridgehead atoms. The van der Waals surface area contributed by atoms with E-state index in [9.17, 15) is 18.0 Å². The molecule has 2 heterocycles. The van der Waals surface area contributed by atoms with E-state index in [0.717, 1.165) is 19.3 Å². The Morgan fingerprint density at radius 3 is 2.50 bits per heavy atom. The maximum Gasteiger partial charge on any atom is 0.446 e. The minimum atomic E-state index is -5.09. The molecule has 0 radical (unpaired) electrons. The number of halogens is 3. The number of benzene rings is 1. The number of hydrogen-bond acceptors (Lipinski definition) is 6. The molecular weight excluding hydrogens is 375 g/mol. The molecule has 0 spiro atoms. The second-order valence-corrected chi connectivity index (χ2v) is 6.67. The van der Waals surface area contributed by atoms with Crippen LogP contribution in [0.5, 0.6) is 0 Å². The van der Waals surface area contributed by atoms with Gasteiger partial charge in [-0.2, -0.15) is 23.2 Å². The molecule has 1 aromatic rings. The zero-order chi connectivity index (χ0) is 20.4. The lowest BCUT2D eigenvalue weighted by atomic mass is 10.1. The number of piperidine rings is 1. The van der Waals surface area contributed by atoms with E-state index in [0.29, 0.717) is 24.2 Å². The summed E-state index contributed by atoms with van der Waals surface area (Å²) in [5.74, 6) is -1.86. The molecule has 1 atom stereocenters. The van der Waals surface area contributed by atoms with Crippen LogP contribution in [0.25, 0.3) is 0 Å². The summed E-state index contributed by atoms with van der Waals surface area (Å²) in [4.78, 5) is 21.4. The smallest absolute Gasteiger partial charge is 0.446 e.